The summed E-state index contributed by atoms with van der Waals surface area (Å²) < 4.78 is 36.6. The molecule has 0 bridgehead atoms. The number of carbonyl (C=O) groups is 1. The second kappa shape index (κ2) is 8.13. The molecule has 7 heteroatoms. The molecule has 0 radical (unpaired) electrons. The van der Waals surface area contributed by atoms with Crippen molar-refractivity contribution in [3.63, 3.8) is 0 Å². The van der Waals surface area contributed by atoms with E-state index < -0.39 is 22.5 Å². The molecule has 2 aromatic rings. The van der Waals surface area contributed by atoms with Gasteiger partial charge in [-0.1, -0.05) is 26.0 Å². The number of benzene rings is 2. The fourth-order valence-electron chi connectivity index (χ4n) is 2.08. The molecule has 1 N–H and O–H groups in total. The van der Waals surface area contributed by atoms with Gasteiger partial charge < -0.3 is 9.47 Å². The molecule has 25 heavy (non-hydrogen) atoms. The van der Waals surface area contributed by atoms with Crippen LogP contribution in [0.4, 0.5) is 0 Å². The van der Waals surface area contributed by atoms with Crippen molar-refractivity contribution in [1.82, 2.24) is 4.72 Å². The highest BCUT2D eigenvalue weighted by atomic mass is 32.2. The van der Waals surface area contributed by atoms with Gasteiger partial charge in [-0.15, -0.1) is 0 Å². The Balaban J connectivity index is 1.93. The zero-order valence-corrected chi connectivity index (χ0v) is 15.2. The molecule has 0 atom stereocenters. The third-order valence-electron chi connectivity index (χ3n) is 3.55. The first-order chi connectivity index (χ1) is 11.8. The van der Waals surface area contributed by atoms with Crippen molar-refractivity contribution in [2.24, 2.45) is 0 Å². The monoisotopic (exact) mass is 363 g/mol. The van der Waals surface area contributed by atoms with Gasteiger partial charge in [0.2, 0.25) is 10.0 Å². The van der Waals surface area contributed by atoms with Crippen LogP contribution in [0.15, 0.2) is 53.4 Å². The molecule has 0 heterocycles. The molecule has 0 aliphatic carbocycles. The van der Waals surface area contributed by atoms with Crippen LogP contribution < -0.4 is 14.2 Å². The van der Waals surface area contributed by atoms with Gasteiger partial charge in [0, 0.05) is 0 Å². The number of ether oxygens (including phenoxy) is 2. The number of nitrogens with one attached hydrogen (secondary N) is 1. The topological polar surface area (TPSA) is 81.7 Å². The van der Waals surface area contributed by atoms with Crippen LogP contribution in [0.25, 0.3) is 0 Å². The largest absolute Gasteiger partial charge is 0.497 e. The fraction of sp³-hybridized carbons (Fsp3) is 0.278. The van der Waals surface area contributed by atoms with Gasteiger partial charge in [-0.2, -0.15) is 4.72 Å². The predicted octanol–water partition coefficient (Wildman–Crippen LogP) is 2.70. The van der Waals surface area contributed by atoms with E-state index in [1.165, 1.54) is 31.4 Å². The van der Waals surface area contributed by atoms with Crippen LogP contribution in [0.5, 0.6) is 11.5 Å². The van der Waals surface area contributed by atoms with Crippen LogP contribution in [0, 0.1) is 0 Å². The quantitative estimate of drug-likeness (QED) is 0.604. The van der Waals surface area contributed by atoms with E-state index in [0.29, 0.717) is 17.4 Å². The predicted molar refractivity (Wildman–Crippen MR) is 94.3 cm³/mol. The lowest BCUT2D eigenvalue weighted by molar-refractivity contribution is -0.133. The maximum absolute atomic E-state index is 12.1. The van der Waals surface area contributed by atoms with Crippen LogP contribution in [-0.2, 0) is 14.8 Å². The summed E-state index contributed by atoms with van der Waals surface area (Å²) in [6.45, 7) is 3.67. The highest BCUT2D eigenvalue weighted by molar-refractivity contribution is 7.89. The lowest BCUT2D eigenvalue weighted by Crippen LogP contribution is -2.31. The Hall–Kier alpha value is -2.38. The van der Waals surface area contributed by atoms with Gasteiger partial charge >= 0.3 is 5.97 Å². The summed E-state index contributed by atoms with van der Waals surface area (Å²) in [7, 11) is -2.31. The maximum atomic E-state index is 12.1. The molecule has 134 valence electrons. The van der Waals surface area contributed by atoms with E-state index >= 15 is 0 Å². The number of methoxy groups -OCH3 is 1. The minimum Gasteiger partial charge on any atom is -0.497 e. The maximum Gasteiger partial charge on any atom is 0.326 e. The van der Waals surface area contributed by atoms with Gasteiger partial charge in [-0.3, -0.25) is 4.79 Å². The minimum absolute atomic E-state index is 0.0439. The molecule has 2 rings (SSSR count). The van der Waals surface area contributed by atoms with Gasteiger partial charge in [-0.05, 0) is 47.9 Å². The zero-order chi connectivity index (χ0) is 18.4. The van der Waals surface area contributed by atoms with Crippen molar-refractivity contribution in [2.45, 2.75) is 24.7 Å². The molecule has 0 saturated heterocycles. The molecule has 0 fully saturated rings. The van der Waals surface area contributed by atoms with Crippen molar-refractivity contribution < 1.29 is 22.7 Å². The fourth-order valence-corrected chi connectivity index (χ4v) is 3.05. The lowest BCUT2D eigenvalue weighted by Gasteiger charge is -2.09. The summed E-state index contributed by atoms with van der Waals surface area (Å²) >= 11 is 0. The molecular formula is C18H21NO5S. The first-order valence-electron chi connectivity index (χ1n) is 7.76. The third kappa shape index (κ3) is 5.30. The van der Waals surface area contributed by atoms with Crippen LogP contribution in [0.2, 0.25) is 0 Å². The van der Waals surface area contributed by atoms with Crippen molar-refractivity contribution in [2.75, 3.05) is 13.7 Å². The second-order valence-corrected chi connectivity index (χ2v) is 7.46. The van der Waals surface area contributed by atoms with E-state index in [0.717, 1.165) is 5.56 Å². The lowest BCUT2D eigenvalue weighted by atomic mass is 10.0. The van der Waals surface area contributed by atoms with Gasteiger partial charge in [-0.25, -0.2) is 8.42 Å². The van der Waals surface area contributed by atoms with E-state index in [4.69, 9.17) is 9.47 Å². The van der Waals surface area contributed by atoms with Crippen molar-refractivity contribution in [3.8, 4) is 11.5 Å². The highest BCUT2D eigenvalue weighted by Crippen LogP contribution is 2.19. The molecule has 0 unspecified atom stereocenters. The Labute approximate surface area is 147 Å². The summed E-state index contributed by atoms with van der Waals surface area (Å²) in [4.78, 5) is 11.9. The Kier molecular flexibility index (Phi) is 6.17. The van der Waals surface area contributed by atoms with Gasteiger partial charge in [0.05, 0.1) is 12.0 Å². The van der Waals surface area contributed by atoms with Gasteiger partial charge in [0.1, 0.15) is 18.0 Å². The first kappa shape index (κ1) is 19.0. The normalized spacial score (nSPS) is 11.4. The summed E-state index contributed by atoms with van der Waals surface area (Å²) in [6, 6.07) is 13.0. The minimum atomic E-state index is -3.80. The summed E-state index contributed by atoms with van der Waals surface area (Å²) in [6.07, 6.45) is 0. The molecule has 0 aromatic heterocycles. The van der Waals surface area contributed by atoms with Crippen molar-refractivity contribution in [3.05, 3.63) is 54.1 Å². The third-order valence-corrected chi connectivity index (χ3v) is 4.97. The van der Waals surface area contributed by atoms with Crippen LogP contribution in [0.3, 0.4) is 0 Å². The number of esters is 1. The Bertz CT molecular complexity index is 812. The molecule has 0 aliphatic rings. The number of hydrogen-bond acceptors (Lipinski definition) is 5. The SMILES string of the molecule is COc1ccc(S(=O)(=O)NCC(=O)Oc2ccc(C(C)C)cc2)cc1. The molecule has 2 aromatic carbocycles. The van der Waals surface area contributed by atoms with E-state index in [1.807, 2.05) is 12.1 Å². The molecule has 6 nitrogen and oxygen atoms in total. The average molecular weight is 363 g/mol. The van der Waals surface area contributed by atoms with Crippen molar-refractivity contribution in [1.29, 1.82) is 0 Å². The Morgan fingerprint density at radius 1 is 1.00 bits per heavy atom. The Morgan fingerprint density at radius 3 is 2.08 bits per heavy atom. The van der Waals surface area contributed by atoms with E-state index in [2.05, 4.69) is 18.6 Å². The van der Waals surface area contributed by atoms with Gasteiger partial charge in [0.15, 0.2) is 0 Å². The van der Waals surface area contributed by atoms with Crippen molar-refractivity contribution >= 4 is 16.0 Å². The number of carbonyl (C=O) groups excluding carboxylic acids is 1. The van der Waals surface area contributed by atoms with E-state index in [-0.39, 0.29) is 4.90 Å². The Morgan fingerprint density at radius 2 is 1.56 bits per heavy atom. The first-order valence-corrected chi connectivity index (χ1v) is 9.24. The van der Waals surface area contributed by atoms with Crippen LogP contribution in [-0.4, -0.2) is 28.0 Å². The number of sulfonamides is 1. The molecule has 0 spiro atoms. The summed E-state index contributed by atoms with van der Waals surface area (Å²) in [5, 5.41) is 0. The molecular weight excluding hydrogens is 342 g/mol. The van der Waals surface area contributed by atoms with Crippen LogP contribution in [0.1, 0.15) is 25.3 Å². The molecule has 0 amide bonds. The number of rotatable bonds is 7. The van der Waals surface area contributed by atoms with E-state index in [1.54, 1.807) is 12.1 Å². The number of hydrogen-bond donors (Lipinski definition) is 1. The average Bonchev–Trinajstić information content (AvgIpc) is 2.60. The highest BCUT2D eigenvalue weighted by Gasteiger charge is 2.16. The second-order valence-electron chi connectivity index (χ2n) is 5.70. The summed E-state index contributed by atoms with van der Waals surface area (Å²) in [5.41, 5.74) is 1.13. The molecule has 0 saturated carbocycles. The summed E-state index contributed by atoms with van der Waals surface area (Å²) in [5.74, 6) is 0.608. The van der Waals surface area contributed by atoms with Crippen LogP contribution >= 0.6 is 0 Å². The standard InChI is InChI=1S/C18H21NO5S/c1-13(2)14-4-6-16(7-5-14)24-18(20)12-19-25(21,22)17-10-8-15(23-3)9-11-17/h4-11,13,19H,12H2,1-3H3. The van der Waals surface area contributed by atoms with E-state index in [9.17, 15) is 13.2 Å². The molecule has 0 aliphatic heterocycles. The smallest absolute Gasteiger partial charge is 0.326 e. The zero-order valence-electron chi connectivity index (χ0n) is 14.4. The van der Waals surface area contributed by atoms with Gasteiger partial charge in [0.25, 0.3) is 0 Å².